The first kappa shape index (κ1) is 19.5. The van der Waals surface area contributed by atoms with Crippen LogP contribution in [0.2, 0.25) is 0 Å². The molecule has 4 rings (SSSR count). The van der Waals surface area contributed by atoms with Crippen LogP contribution in [0, 0.1) is 5.92 Å². The molecule has 2 amide bonds. The number of nitrogens with zero attached hydrogens (tertiary/aromatic N) is 1. The fourth-order valence-electron chi connectivity index (χ4n) is 3.34. The molecule has 0 spiro atoms. The second-order valence-corrected chi connectivity index (χ2v) is 7.60. The fourth-order valence-corrected chi connectivity index (χ4v) is 3.34. The number of amides is 2. The van der Waals surface area contributed by atoms with Crippen molar-refractivity contribution in [2.24, 2.45) is 5.92 Å². The Bertz CT molecular complexity index is 1170. The van der Waals surface area contributed by atoms with Crippen molar-refractivity contribution in [2.45, 2.75) is 20.4 Å². The number of anilines is 2. The van der Waals surface area contributed by atoms with Crippen molar-refractivity contribution in [1.82, 2.24) is 4.57 Å². The van der Waals surface area contributed by atoms with Gasteiger partial charge in [0.05, 0.1) is 6.26 Å². The third-order valence-corrected chi connectivity index (χ3v) is 4.74. The van der Waals surface area contributed by atoms with Crippen LogP contribution in [0.25, 0.3) is 10.9 Å². The summed E-state index contributed by atoms with van der Waals surface area (Å²) in [4.78, 5) is 24.6. The Labute approximate surface area is 174 Å². The van der Waals surface area contributed by atoms with Gasteiger partial charge >= 0.3 is 0 Å². The molecule has 0 aliphatic carbocycles. The van der Waals surface area contributed by atoms with E-state index in [1.807, 2.05) is 18.2 Å². The molecule has 0 fully saturated rings. The van der Waals surface area contributed by atoms with Crippen LogP contribution < -0.4 is 10.6 Å². The van der Waals surface area contributed by atoms with E-state index >= 15 is 0 Å². The molecule has 2 N–H and O–H groups in total. The predicted octanol–water partition coefficient (Wildman–Crippen LogP) is 5.39. The molecule has 6 nitrogen and oxygen atoms in total. The third kappa shape index (κ3) is 4.27. The average Bonchev–Trinajstić information content (AvgIpc) is 3.39. The molecule has 2 aromatic carbocycles. The quantitative estimate of drug-likeness (QED) is 0.454. The van der Waals surface area contributed by atoms with Crippen molar-refractivity contribution in [3.05, 3.63) is 84.4 Å². The Kier molecular flexibility index (Phi) is 5.39. The van der Waals surface area contributed by atoms with Gasteiger partial charge in [0.2, 0.25) is 0 Å². The lowest BCUT2D eigenvalue weighted by molar-refractivity contribution is 0.0995. The maximum Gasteiger partial charge on any atom is 0.291 e. The van der Waals surface area contributed by atoms with Crippen molar-refractivity contribution in [1.29, 1.82) is 0 Å². The summed E-state index contributed by atoms with van der Waals surface area (Å²) in [6.07, 6.45) is 3.52. The first-order chi connectivity index (χ1) is 14.5. The summed E-state index contributed by atoms with van der Waals surface area (Å²) in [7, 11) is 0. The normalized spacial score (nSPS) is 11.0. The van der Waals surface area contributed by atoms with E-state index in [-0.39, 0.29) is 17.6 Å². The number of hydrogen-bond donors (Lipinski definition) is 2. The van der Waals surface area contributed by atoms with Crippen molar-refractivity contribution in [3.8, 4) is 0 Å². The molecule has 6 heteroatoms. The number of furan rings is 1. The number of benzene rings is 2. The van der Waals surface area contributed by atoms with Crippen molar-refractivity contribution in [3.63, 3.8) is 0 Å². The van der Waals surface area contributed by atoms with E-state index in [1.54, 1.807) is 36.4 Å². The maximum absolute atomic E-state index is 12.6. The monoisotopic (exact) mass is 401 g/mol. The van der Waals surface area contributed by atoms with E-state index in [4.69, 9.17) is 4.42 Å². The van der Waals surface area contributed by atoms with Crippen LogP contribution in [-0.2, 0) is 6.54 Å². The van der Waals surface area contributed by atoms with Crippen LogP contribution in [0.1, 0.15) is 34.8 Å². The minimum atomic E-state index is -0.338. The molecule has 0 bridgehead atoms. The van der Waals surface area contributed by atoms with Gasteiger partial charge in [0.25, 0.3) is 11.8 Å². The molecule has 0 aliphatic rings. The topological polar surface area (TPSA) is 76.3 Å². The smallest absolute Gasteiger partial charge is 0.291 e. The SMILES string of the molecule is CC(C)Cn1ccc2cc(NC(=O)c3ccc(NC(=O)c4ccco4)cc3)ccc21. The lowest BCUT2D eigenvalue weighted by Crippen LogP contribution is -2.13. The molecule has 30 heavy (non-hydrogen) atoms. The first-order valence-electron chi connectivity index (χ1n) is 9.85. The molecule has 2 heterocycles. The Hall–Kier alpha value is -3.80. The molecule has 0 saturated carbocycles. The summed E-state index contributed by atoms with van der Waals surface area (Å²) in [5, 5.41) is 6.75. The lowest BCUT2D eigenvalue weighted by Gasteiger charge is -2.10. The number of carbonyl (C=O) groups is 2. The summed E-state index contributed by atoms with van der Waals surface area (Å²) in [6, 6.07) is 17.9. The van der Waals surface area contributed by atoms with Gasteiger partial charge in [-0.1, -0.05) is 13.8 Å². The van der Waals surface area contributed by atoms with Gasteiger partial charge in [0, 0.05) is 40.6 Å². The number of fused-ring (bicyclic) bond motifs is 1. The number of carbonyl (C=O) groups excluding carboxylic acids is 2. The number of aromatic nitrogens is 1. The summed E-state index contributed by atoms with van der Waals surface area (Å²) >= 11 is 0. The van der Waals surface area contributed by atoms with Gasteiger partial charge in [0.15, 0.2) is 5.76 Å². The van der Waals surface area contributed by atoms with E-state index < -0.39 is 0 Å². The number of hydrogen-bond acceptors (Lipinski definition) is 3. The second kappa shape index (κ2) is 8.29. The second-order valence-electron chi connectivity index (χ2n) is 7.60. The summed E-state index contributed by atoms with van der Waals surface area (Å²) < 4.78 is 7.29. The zero-order valence-electron chi connectivity index (χ0n) is 16.9. The van der Waals surface area contributed by atoms with Crippen LogP contribution >= 0.6 is 0 Å². The highest BCUT2D eigenvalue weighted by Gasteiger charge is 2.11. The molecule has 2 aromatic heterocycles. The molecular weight excluding hydrogens is 378 g/mol. The molecular formula is C24H23N3O3. The largest absolute Gasteiger partial charge is 0.459 e. The fraction of sp³-hybridized carbons (Fsp3) is 0.167. The van der Waals surface area contributed by atoms with E-state index in [1.165, 1.54) is 6.26 Å². The Balaban J connectivity index is 1.42. The highest BCUT2D eigenvalue weighted by atomic mass is 16.3. The maximum atomic E-state index is 12.6. The predicted molar refractivity (Wildman–Crippen MR) is 118 cm³/mol. The molecule has 152 valence electrons. The molecule has 0 atom stereocenters. The minimum Gasteiger partial charge on any atom is -0.459 e. The van der Waals surface area contributed by atoms with Crippen molar-refractivity contribution in [2.75, 3.05) is 10.6 Å². The van der Waals surface area contributed by atoms with E-state index in [2.05, 4.69) is 41.3 Å². The zero-order chi connectivity index (χ0) is 21.1. The van der Waals surface area contributed by atoms with E-state index in [9.17, 15) is 9.59 Å². The zero-order valence-corrected chi connectivity index (χ0v) is 16.9. The summed E-state index contributed by atoms with van der Waals surface area (Å²) in [6.45, 7) is 5.33. The van der Waals surface area contributed by atoms with Crippen molar-refractivity contribution >= 4 is 34.1 Å². The minimum absolute atomic E-state index is 0.208. The van der Waals surface area contributed by atoms with Crippen LogP contribution in [-0.4, -0.2) is 16.4 Å². The van der Waals surface area contributed by atoms with E-state index in [0.717, 1.165) is 23.1 Å². The third-order valence-electron chi connectivity index (χ3n) is 4.74. The molecule has 0 saturated heterocycles. The summed E-state index contributed by atoms with van der Waals surface area (Å²) in [5.41, 5.74) is 2.98. The standard InChI is InChI=1S/C24H23N3O3/c1-16(2)15-27-12-11-18-14-20(9-10-21(18)27)26-23(28)17-5-7-19(8-6-17)25-24(29)22-4-3-13-30-22/h3-14,16H,15H2,1-2H3,(H,25,29)(H,26,28). The number of rotatable bonds is 6. The van der Waals surface area contributed by atoms with Crippen LogP contribution in [0.3, 0.4) is 0 Å². The van der Waals surface area contributed by atoms with Gasteiger partial charge in [-0.25, -0.2) is 0 Å². The summed E-state index contributed by atoms with van der Waals surface area (Å²) in [5.74, 6) is 0.246. The molecule has 0 aliphatic heterocycles. The van der Waals surface area contributed by atoms with E-state index in [0.29, 0.717) is 17.2 Å². The Morgan fingerprint density at radius 3 is 2.37 bits per heavy atom. The molecule has 0 unspecified atom stereocenters. The van der Waals surface area contributed by atoms with Gasteiger partial charge in [-0.15, -0.1) is 0 Å². The van der Waals surface area contributed by atoms with Crippen LogP contribution in [0.5, 0.6) is 0 Å². The van der Waals surface area contributed by atoms with Gasteiger partial charge in [0.1, 0.15) is 0 Å². The van der Waals surface area contributed by atoms with Crippen molar-refractivity contribution < 1.29 is 14.0 Å². The lowest BCUT2D eigenvalue weighted by atomic mass is 10.1. The van der Waals surface area contributed by atoms with Gasteiger partial charge < -0.3 is 19.6 Å². The molecule has 4 aromatic rings. The van der Waals surface area contributed by atoms with Gasteiger partial charge in [-0.3, -0.25) is 9.59 Å². The van der Waals surface area contributed by atoms with Crippen LogP contribution in [0.15, 0.2) is 77.5 Å². The van der Waals surface area contributed by atoms with Gasteiger partial charge in [-0.05, 0) is 66.6 Å². The molecule has 0 radical (unpaired) electrons. The first-order valence-corrected chi connectivity index (χ1v) is 9.85. The highest BCUT2D eigenvalue weighted by Crippen LogP contribution is 2.22. The van der Waals surface area contributed by atoms with Gasteiger partial charge in [-0.2, -0.15) is 0 Å². The van der Waals surface area contributed by atoms with Crippen LogP contribution in [0.4, 0.5) is 11.4 Å². The average molecular weight is 401 g/mol. The highest BCUT2D eigenvalue weighted by molar-refractivity contribution is 6.06. The Morgan fingerprint density at radius 2 is 1.67 bits per heavy atom. The Morgan fingerprint density at radius 1 is 0.933 bits per heavy atom. The number of nitrogens with one attached hydrogen (secondary N) is 2.